The average Bonchev–Trinajstić information content (AvgIpc) is 3.55. The van der Waals surface area contributed by atoms with Gasteiger partial charge in [-0.15, -0.1) is 16.4 Å². The second kappa shape index (κ2) is 10.3. The molecule has 1 aliphatic rings. The highest BCUT2D eigenvalue weighted by Crippen LogP contribution is 2.36. The van der Waals surface area contributed by atoms with Gasteiger partial charge in [0, 0.05) is 47.5 Å². The van der Waals surface area contributed by atoms with Gasteiger partial charge in [0.05, 0.1) is 15.6 Å². The molecular formula is C28H22FN7O2S. The molecule has 11 heteroatoms. The molecule has 4 heterocycles. The monoisotopic (exact) mass is 539 g/mol. The third-order valence-electron chi connectivity index (χ3n) is 6.24. The van der Waals surface area contributed by atoms with Crippen LogP contribution >= 0.6 is 11.3 Å². The maximum absolute atomic E-state index is 14.8. The van der Waals surface area contributed by atoms with Crippen LogP contribution in [0.2, 0.25) is 0 Å². The van der Waals surface area contributed by atoms with Crippen molar-refractivity contribution >= 4 is 28.8 Å². The fourth-order valence-corrected chi connectivity index (χ4v) is 5.24. The maximum Gasteiger partial charge on any atom is 0.317 e. The molecule has 0 radical (unpaired) electrons. The standard InChI is InChI=1S/C28H22FN7O2S/c1-3-22-30-13-17(14-31-22)25-24(32-15(2)39-25)27-35-36-28(38-27)34-26-21(37)12-19-18(10-7-11-20(19)29)23(33-26)16-8-5-4-6-9-16/h4-11,13-14,26H,3,12H2,1-2H3,(H,34,36)/t26-/m1/s1. The Hall–Kier alpha value is -4.64. The number of aromatic nitrogens is 5. The molecule has 1 N–H and O–H groups in total. The number of halogens is 1. The van der Waals surface area contributed by atoms with E-state index in [2.05, 4.69) is 30.5 Å². The largest absolute Gasteiger partial charge is 0.402 e. The first-order valence-corrected chi connectivity index (χ1v) is 13.1. The van der Waals surface area contributed by atoms with Gasteiger partial charge in [0.25, 0.3) is 5.89 Å². The second-order valence-corrected chi connectivity index (χ2v) is 10.1. The van der Waals surface area contributed by atoms with E-state index in [1.54, 1.807) is 24.5 Å². The summed E-state index contributed by atoms with van der Waals surface area (Å²) in [5.41, 5.74) is 3.43. The molecule has 0 saturated carbocycles. The van der Waals surface area contributed by atoms with Crippen LogP contribution in [-0.4, -0.2) is 42.8 Å². The Morgan fingerprint density at radius 3 is 2.62 bits per heavy atom. The minimum atomic E-state index is -1.06. The number of benzene rings is 2. The lowest BCUT2D eigenvalue weighted by Crippen LogP contribution is -2.29. The van der Waals surface area contributed by atoms with Gasteiger partial charge in [0.2, 0.25) is 0 Å². The molecule has 0 fully saturated rings. The number of carbonyl (C=O) groups is 1. The number of ketones is 1. The molecular weight excluding hydrogens is 517 g/mol. The molecule has 1 atom stereocenters. The number of rotatable bonds is 6. The van der Waals surface area contributed by atoms with Crippen molar-refractivity contribution in [1.29, 1.82) is 0 Å². The number of thiazole rings is 1. The van der Waals surface area contributed by atoms with Crippen LogP contribution in [0.25, 0.3) is 22.0 Å². The third-order valence-corrected chi connectivity index (χ3v) is 7.26. The summed E-state index contributed by atoms with van der Waals surface area (Å²) in [5, 5.41) is 12.0. The van der Waals surface area contributed by atoms with Gasteiger partial charge < -0.3 is 9.73 Å². The first kappa shape index (κ1) is 24.7. The summed E-state index contributed by atoms with van der Waals surface area (Å²) in [4.78, 5) is 32.1. The van der Waals surface area contributed by atoms with Crippen LogP contribution in [0.3, 0.4) is 0 Å². The molecule has 0 bridgehead atoms. The van der Waals surface area contributed by atoms with Crippen molar-refractivity contribution in [3.05, 3.63) is 94.3 Å². The van der Waals surface area contributed by atoms with E-state index < -0.39 is 12.0 Å². The summed E-state index contributed by atoms with van der Waals surface area (Å²) >= 11 is 1.47. The minimum Gasteiger partial charge on any atom is -0.402 e. The van der Waals surface area contributed by atoms with Crippen LogP contribution in [0.1, 0.15) is 34.4 Å². The Morgan fingerprint density at radius 1 is 1.05 bits per heavy atom. The first-order chi connectivity index (χ1) is 19.0. The van der Waals surface area contributed by atoms with Crippen molar-refractivity contribution in [2.45, 2.75) is 32.9 Å². The molecule has 194 valence electrons. The highest BCUT2D eigenvalue weighted by molar-refractivity contribution is 7.15. The van der Waals surface area contributed by atoms with Crippen LogP contribution < -0.4 is 5.32 Å². The zero-order valence-corrected chi connectivity index (χ0v) is 21.9. The molecule has 5 aromatic rings. The van der Waals surface area contributed by atoms with Crippen LogP contribution in [0, 0.1) is 12.7 Å². The normalized spacial score (nSPS) is 15.0. The molecule has 1 aliphatic heterocycles. The number of carbonyl (C=O) groups excluding carboxylic acids is 1. The fourth-order valence-electron chi connectivity index (χ4n) is 4.36. The van der Waals surface area contributed by atoms with Crippen molar-refractivity contribution in [2.75, 3.05) is 5.32 Å². The summed E-state index contributed by atoms with van der Waals surface area (Å²) in [7, 11) is 0. The van der Waals surface area contributed by atoms with Gasteiger partial charge >= 0.3 is 6.01 Å². The van der Waals surface area contributed by atoms with Crippen molar-refractivity contribution in [3.63, 3.8) is 0 Å². The summed E-state index contributed by atoms with van der Waals surface area (Å²) < 4.78 is 20.7. The van der Waals surface area contributed by atoms with E-state index in [9.17, 15) is 9.18 Å². The quantitative estimate of drug-likeness (QED) is 0.318. The Morgan fingerprint density at radius 2 is 1.85 bits per heavy atom. The molecule has 2 aromatic carbocycles. The molecule has 0 saturated heterocycles. The number of nitrogens with zero attached hydrogens (tertiary/aromatic N) is 6. The van der Waals surface area contributed by atoms with Crippen LogP contribution in [0.4, 0.5) is 10.4 Å². The van der Waals surface area contributed by atoms with Gasteiger partial charge in [-0.2, -0.15) is 0 Å². The third kappa shape index (κ3) is 4.84. The molecule has 39 heavy (non-hydrogen) atoms. The average molecular weight is 540 g/mol. The molecule has 0 amide bonds. The lowest BCUT2D eigenvalue weighted by molar-refractivity contribution is -0.119. The Bertz CT molecular complexity index is 1700. The lowest BCUT2D eigenvalue weighted by Gasteiger charge is -2.11. The predicted octanol–water partition coefficient (Wildman–Crippen LogP) is 5.06. The Balaban J connectivity index is 1.34. The smallest absolute Gasteiger partial charge is 0.317 e. The van der Waals surface area contributed by atoms with Gasteiger partial charge in [-0.25, -0.2) is 19.3 Å². The van der Waals surface area contributed by atoms with E-state index in [1.165, 1.54) is 17.4 Å². The lowest BCUT2D eigenvalue weighted by atomic mass is 9.95. The molecule has 3 aromatic heterocycles. The van der Waals surface area contributed by atoms with Crippen molar-refractivity contribution < 1.29 is 13.6 Å². The van der Waals surface area contributed by atoms with E-state index in [-0.39, 0.29) is 24.1 Å². The van der Waals surface area contributed by atoms with Gasteiger partial charge in [-0.05, 0) is 13.0 Å². The minimum absolute atomic E-state index is 0.000115. The SMILES string of the molecule is CCc1ncc(-c2sc(C)nc2-c2nnc(N[C@H]3N=C(c4ccccc4)c4cccc(F)c4CC3=O)o2)cn1. The number of nitrogens with one attached hydrogen (secondary N) is 1. The Kier molecular flexibility index (Phi) is 6.49. The molecule has 0 unspecified atom stereocenters. The van der Waals surface area contributed by atoms with Crippen molar-refractivity contribution in [2.24, 2.45) is 4.99 Å². The van der Waals surface area contributed by atoms with E-state index >= 15 is 0 Å². The zero-order valence-electron chi connectivity index (χ0n) is 21.1. The van der Waals surface area contributed by atoms with Gasteiger partial charge in [0.1, 0.15) is 17.3 Å². The summed E-state index contributed by atoms with van der Waals surface area (Å²) in [6.07, 6.45) is 3.03. The molecule has 6 rings (SSSR count). The number of hydrogen-bond acceptors (Lipinski definition) is 10. The molecule has 0 aliphatic carbocycles. The molecule has 0 spiro atoms. The van der Waals surface area contributed by atoms with Crippen LogP contribution in [-0.2, 0) is 17.6 Å². The highest BCUT2D eigenvalue weighted by Gasteiger charge is 2.29. The number of fused-ring (bicyclic) bond motifs is 1. The number of aryl methyl sites for hydroxylation is 2. The van der Waals surface area contributed by atoms with Gasteiger partial charge in [-0.3, -0.25) is 9.79 Å². The van der Waals surface area contributed by atoms with Crippen molar-refractivity contribution in [1.82, 2.24) is 25.1 Å². The number of aliphatic imine (C=N–C) groups is 1. The topological polar surface area (TPSA) is 119 Å². The Labute approximate surface area is 226 Å². The number of hydrogen-bond donors (Lipinski definition) is 1. The van der Waals surface area contributed by atoms with E-state index in [0.29, 0.717) is 22.5 Å². The predicted molar refractivity (Wildman–Crippen MR) is 145 cm³/mol. The fraction of sp³-hybridized carbons (Fsp3) is 0.179. The maximum atomic E-state index is 14.8. The summed E-state index contributed by atoms with van der Waals surface area (Å²) in [5.74, 6) is 0.147. The highest BCUT2D eigenvalue weighted by atomic mass is 32.1. The number of Topliss-reactive ketones (excluding diaryl/α,β-unsaturated/α-hetero) is 1. The van der Waals surface area contributed by atoms with Crippen LogP contribution in [0.15, 0.2) is 70.3 Å². The van der Waals surface area contributed by atoms with Crippen molar-refractivity contribution in [3.8, 4) is 22.0 Å². The van der Waals surface area contributed by atoms with Gasteiger partial charge in [0.15, 0.2) is 11.9 Å². The van der Waals surface area contributed by atoms with E-state index in [1.807, 2.05) is 44.2 Å². The zero-order chi connectivity index (χ0) is 26.9. The number of anilines is 1. The van der Waals surface area contributed by atoms with Crippen LogP contribution in [0.5, 0.6) is 0 Å². The van der Waals surface area contributed by atoms with E-state index in [4.69, 9.17) is 9.41 Å². The van der Waals surface area contributed by atoms with Gasteiger partial charge in [-0.1, -0.05) is 54.5 Å². The summed E-state index contributed by atoms with van der Waals surface area (Å²) in [6.45, 7) is 3.88. The second-order valence-electron chi connectivity index (χ2n) is 8.86. The summed E-state index contributed by atoms with van der Waals surface area (Å²) in [6, 6.07) is 14.1. The molecule has 9 nitrogen and oxygen atoms in total. The van der Waals surface area contributed by atoms with E-state index in [0.717, 1.165) is 33.3 Å². The first-order valence-electron chi connectivity index (χ1n) is 12.3.